The molecule has 0 saturated carbocycles. The third kappa shape index (κ3) is 7.28. The number of hydrogen-bond acceptors (Lipinski definition) is 4. The number of hydrogen-bond donors (Lipinski definition) is 2. The maximum atomic E-state index is 5.65. The topological polar surface area (TPSA) is 64.1 Å². The predicted octanol–water partition coefficient (Wildman–Crippen LogP) is 1.41. The van der Waals surface area contributed by atoms with Gasteiger partial charge in [-0.15, -0.1) is 0 Å². The number of benzene rings is 1. The van der Waals surface area contributed by atoms with Crippen molar-refractivity contribution in [3.05, 3.63) is 29.8 Å². The van der Waals surface area contributed by atoms with Gasteiger partial charge in [-0.25, -0.2) is 0 Å². The van der Waals surface area contributed by atoms with E-state index in [1.807, 2.05) is 24.3 Å². The molecule has 1 aromatic carbocycles. The Labute approximate surface area is 132 Å². The van der Waals surface area contributed by atoms with Crippen molar-refractivity contribution in [1.29, 1.82) is 0 Å². The maximum absolute atomic E-state index is 5.65. The van der Waals surface area contributed by atoms with Crippen molar-refractivity contribution >= 4 is 5.96 Å². The lowest BCUT2D eigenvalue weighted by atomic mass is 10.2. The van der Waals surface area contributed by atoms with Gasteiger partial charge in [0.1, 0.15) is 5.75 Å². The first-order valence-electron chi connectivity index (χ1n) is 7.45. The van der Waals surface area contributed by atoms with Gasteiger partial charge in [-0.2, -0.15) is 0 Å². The predicted molar refractivity (Wildman–Crippen MR) is 88.5 cm³/mol. The highest BCUT2D eigenvalue weighted by Crippen LogP contribution is 2.17. The number of rotatable bonds is 10. The van der Waals surface area contributed by atoms with E-state index >= 15 is 0 Å². The van der Waals surface area contributed by atoms with Gasteiger partial charge in [-0.3, -0.25) is 4.99 Å². The van der Waals surface area contributed by atoms with E-state index in [-0.39, 0.29) is 0 Å². The molecule has 0 bridgehead atoms. The van der Waals surface area contributed by atoms with Gasteiger partial charge in [0, 0.05) is 39.4 Å². The average molecular weight is 309 g/mol. The molecule has 0 heterocycles. The second-order valence-corrected chi connectivity index (χ2v) is 4.64. The number of nitrogens with zero attached hydrogens (tertiary/aromatic N) is 1. The van der Waals surface area contributed by atoms with Crippen molar-refractivity contribution < 1.29 is 14.2 Å². The highest BCUT2D eigenvalue weighted by molar-refractivity contribution is 5.79. The summed E-state index contributed by atoms with van der Waals surface area (Å²) in [5, 5.41) is 6.42. The summed E-state index contributed by atoms with van der Waals surface area (Å²) in [7, 11) is 5.12. The molecule has 1 aromatic rings. The fourth-order valence-electron chi connectivity index (χ4n) is 1.89. The van der Waals surface area contributed by atoms with Gasteiger partial charge in [-0.05, 0) is 12.5 Å². The molecule has 0 atom stereocenters. The van der Waals surface area contributed by atoms with Crippen LogP contribution >= 0.6 is 0 Å². The van der Waals surface area contributed by atoms with E-state index in [0.717, 1.165) is 36.8 Å². The highest BCUT2D eigenvalue weighted by Gasteiger charge is 2.01. The van der Waals surface area contributed by atoms with Crippen LogP contribution in [0.3, 0.4) is 0 Å². The molecule has 22 heavy (non-hydrogen) atoms. The summed E-state index contributed by atoms with van der Waals surface area (Å²) in [5.74, 6) is 1.63. The van der Waals surface area contributed by atoms with Crippen molar-refractivity contribution in [2.24, 2.45) is 4.99 Å². The van der Waals surface area contributed by atoms with Crippen LogP contribution in [0.15, 0.2) is 29.3 Å². The SMILES string of the molecule is CN=C(NCCCOC)NCCOCc1ccccc1OC. The van der Waals surface area contributed by atoms with Crippen LogP contribution in [-0.2, 0) is 16.1 Å². The lowest BCUT2D eigenvalue weighted by Gasteiger charge is -2.12. The summed E-state index contributed by atoms with van der Waals surface area (Å²) in [5.41, 5.74) is 1.05. The zero-order valence-corrected chi connectivity index (χ0v) is 13.7. The van der Waals surface area contributed by atoms with Crippen LogP contribution in [0.2, 0.25) is 0 Å². The van der Waals surface area contributed by atoms with E-state index in [9.17, 15) is 0 Å². The molecule has 0 aromatic heterocycles. The molecule has 0 aliphatic heterocycles. The Morgan fingerprint density at radius 3 is 2.59 bits per heavy atom. The Kier molecular flexibility index (Phi) is 9.81. The molecule has 6 nitrogen and oxygen atoms in total. The molecule has 1 rings (SSSR count). The quantitative estimate of drug-likeness (QED) is 0.389. The molecule has 0 unspecified atom stereocenters. The van der Waals surface area contributed by atoms with Gasteiger partial charge >= 0.3 is 0 Å². The van der Waals surface area contributed by atoms with E-state index < -0.39 is 0 Å². The van der Waals surface area contributed by atoms with Crippen LogP contribution in [0.25, 0.3) is 0 Å². The number of para-hydroxylation sites is 1. The molecule has 0 amide bonds. The Balaban J connectivity index is 2.16. The van der Waals surface area contributed by atoms with Crippen LogP contribution in [0, 0.1) is 0 Å². The lowest BCUT2D eigenvalue weighted by Crippen LogP contribution is -2.39. The van der Waals surface area contributed by atoms with Crippen LogP contribution in [0.5, 0.6) is 5.75 Å². The molecule has 0 aliphatic carbocycles. The molecule has 0 aliphatic rings. The zero-order valence-electron chi connectivity index (χ0n) is 13.7. The minimum Gasteiger partial charge on any atom is -0.496 e. The minimum absolute atomic E-state index is 0.533. The lowest BCUT2D eigenvalue weighted by molar-refractivity contribution is 0.123. The fourth-order valence-corrected chi connectivity index (χ4v) is 1.89. The average Bonchev–Trinajstić information content (AvgIpc) is 2.56. The number of aliphatic imine (C=N–C) groups is 1. The third-order valence-electron chi connectivity index (χ3n) is 3.03. The van der Waals surface area contributed by atoms with Gasteiger partial charge in [0.15, 0.2) is 5.96 Å². The Morgan fingerprint density at radius 2 is 1.86 bits per heavy atom. The Hall–Kier alpha value is -1.79. The maximum Gasteiger partial charge on any atom is 0.191 e. The van der Waals surface area contributed by atoms with E-state index in [0.29, 0.717) is 19.8 Å². The van der Waals surface area contributed by atoms with Crippen molar-refractivity contribution in [1.82, 2.24) is 10.6 Å². The van der Waals surface area contributed by atoms with Gasteiger partial charge in [0.2, 0.25) is 0 Å². The van der Waals surface area contributed by atoms with Crippen LogP contribution < -0.4 is 15.4 Å². The standard InChI is InChI=1S/C16H27N3O3/c1-17-16(18-9-6-11-20-2)19-10-12-22-13-14-7-4-5-8-15(14)21-3/h4-5,7-8H,6,9-13H2,1-3H3,(H2,17,18,19). The Bertz CT molecular complexity index is 438. The highest BCUT2D eigenvalue weighted by atomic mass is 16.5. The van der Waals surface area contributed by atoms with E-state index in [1.54, 1.807) is 21.3 Å². The molecule has 0 saturated heterocycles. The van der Waals surface area contributed by atoms with E-state index in [1.165, 1.54) is 0 Å². The third-order valence-corrected chi connectivity index (χ3v) is 3.03. The summed E-state index contributed by atoms with van der Waals surface area (Å²) < 4.78 is 15.9. The molecule has 124 valence electrons. The first kappa shape index (κ1) is 18.3. The monoisotopic (exact) mass is 309 g/mol. The zero-order chi connectivity index (χ0) is 16.0. The summed E-state index contributed by atoms with van der Waals surface area (Å²) in [6, 6.07) is 7.86. The summed E-state index contributed by atoms with van der Waals surface area (Å²) in [4.78, 5) is 4.15. The van der Waals surface area contributed by atoms with Crippen molar-refractivity contribution in [2.75, 3.05) is 47.6 Å². The summed E-state index contributed by atoms with van der Waals surface area (Å²) in [6.45, 7) is 3.39. The fraction of sp³-hybridized carbons (Fsp3) is 0.562. The molecule has 2 N–H and O–H groups in total. The first-order valence-corrected chi connectivity index (χ1v) is 7.45. The number of ether oxygens (including phenoxy) is 3. The first-order chi connectivity index (χ1) is 10.8. The number of nitrogens with one attached hydrogen (secondary N) is 2. The largest absolute Gasteiger partial charge is 0.496 e. The number of methoxy groups -OCH3 is 2. The van der Waals surface area contributed by atoms with Crippen molar-refractivity contribution in [3.63, 3.8) is 0 Å². The minimum atomic E-state index is 0.533. The van der Waals surface area contributed by atoms with Crippen LogP contribution in [0.4, 0.5) is 0 Å². The molecular weight excluding hydrogens is 282 g/mol. The van der Waals surface area contributed by atoms with Gasteiger partial charge in [0.25, 0.3) is 0 Å². The van der Waals surface area contributed by atoms with Gasteiger partial charge in [-0.1, -0.05) is 18.2 Å². The normalized spacial score (nSPS) is 11.3. The molecular formula is C16H27N3O3. The van der Waals surface area contributed by atoms with Gasteiger partial charge in [0.05, 0.1) is 20.3 Å². The van der Waals surface area contributed by atoms with E-state index in [4.69, 9.17) is 14.2 Å². The molecule has 0 radical (unpaired) electrons. The summed E-state index contributed by atoms with van der Waals surface area (Å²) >= 11 is 0. The van der Waals surface area contributed by atoms with Crippen molar-refractivity contribution in [2.45, 2.75) is 13.0 Å². The second-order valence-electron chi connectivity index (χ2n) is 4.64. The second kappa shape index (κ2) is 11.8. The van der Waals surface area contributed by atoms with Crippen molar-refractivity contribution in [3.8, 4) is 5.75 Å². The number of guanidine groups is 1. The molecule has 0 spiro atoms. The van der Waals surface area contributed by atoms with Crippen LogP contribution in [-0.4, -0.2) is 53.5 Å². The molecule has 6 heteroatoms. The van der Waals surface area contributed by atoms with E-state index in [2.05, 4.69) is 15.6 Å². The summed E-state index contributed by atoms with van der Waals surface area (Å²) in [6.07, 6.45) is 0.946. The molecule has 0 fully saturated rings. The van der Waals surface area contributed by atoms with Crippen LogP contribution in [0.1, 0.15) is 12.0 Å². The van der Waals surface area contributed by atoms with Gasteiger partial charge < -0.3 is 24.8 Å². The smallest absolute Gasteiger partial charge is 0.191 e. The Morgan fingerprint density at radius 1 is 1.09 bits per heavy atom.